The van der Waals surface area contributed by atoms with Gasteiger partial charge in [0.25, 0.3) is 0 Å². The second-order valence-corrected chi connectivity index (χ2v) is 9.66. The third kappa shape index (κ3) is 2.98. The van der Waals surface area contributed by atoms with E-state index in [2.05, 4.69) is 85.3 Å². The molecule has 0 atom stereocenters. The Hall–Kier alpha value is -3.92. The minimum absolute atomic E-state index is 0.0501. The largest absolute Gasteiger partial charge is 0.346 e. The van der Waals surface area contributed by atoms with Crippen LogP contribution in [0.4, 0.5) is 11.4 Å². The van der Waals surface area contributed by atoms with Crippen molar-refractivity contribution in [1.29, 1.82) is 0 Å². The highest BCUT2D eigenvalue weighted by atomic mass is 16.1. The van der Waals surface area contributed by atoms with Crippen LogP contribution >= 0.6 is 0 Å². The molecule has 0 aromatic heterocycles. The molecule has 3 aliphatic rings. The minimum atomic E-state index is -0.188. The second-order valence-electron chi connectivity index (χ2n) is 9.66. The summed E-state index contributed by atoms with van der Waals surface area (Å²) in [7, 11) is 2.07. The van der Waals surface area contributed by atoms with E-state index in [1.165, 1.54) is 22.5 Å². The summed E-state index contributed by atoms with van der Waals surface area (Å²) in [6.07, 6.45) is 4.63. The van der Waals surface area contributed by atoms with Crippen molar-refractivity contribution in [2.75, 3.05) is 23.4 Å². The fourth-order valence-corrected chi connectivity index (χ4v) is 5.62. The lowest BCUT2D eigenvalue weighted by Crippen LogP contribution is -2.28. The second kappa shape index (κ2) is 7.56. The van der Waals surface area contributed by atoms with Gasteiger partial charge in [0.2, 0.25) is 5.78 Å². The van der Waals surface area contributed by atoms with Crippen LogP contribution < -0.4 is 9.80 Å². The number of aliphatic imine (C=N–C) groups is 1. The predicted octanol–water partition coefficient (Wildman–Crippen LogP) is 5.73. The van der Waals surface area contributed by atoms with Crippen molar-refractivity contribution >= 4 is 28.6 Å². The van der Waals surface area contributed by atoms with Crippen LogP contribution in [0.3, 0.4) is 0 Å². The molecule has 4 heteroatoms. The third-order valence-electron chi connectivity index (χ3n) is 7.39. The highest BCUT2D eigenvalue weighted by molar-refractivity contribution is 6.53. The first-order chi connectivity index (χ1) is 16.5. The van der Waals surface area contributed by atoms with Gasteiger partial charge in [-0.3, -0.25) is 9.79 Å². The van der Waals surface area contributed by atoms with Crippen molar-refractivity contribution in [3.8, 4) is 0 Å². The molecule has 0 saturated heterocycles. The Morgan fingerprint density at radius 1 is 0.882 bits per heavy atom. The maximum Gasteiger partial charge on any atom is 0.206 e. The van der Waals surface area contributed by atoms with E-state index in [9.17, 15) is 4.79 Å². The lowest BCUT2D eigenvalue weighted by atomic mass is 9.84. The SMILES string of the molecule is CN1/C(=C/N=C2C(=O)C=C(N3CCc4ccccc43)c3ccccc32)C(C)(C)c2ccccc21. The molecule has 0 saturated carbocycles. The molecular formula is C30H27N3O. The molecule has 0 bridgehead atoms. The maximum atomic E-state index is 13.4. The smallest absolute Gasteiger partial charge is 0.206 e. The van der Waals surface area contributed by atoms with Crippen LogP contribution in [-0.4, -0.2) is 25.1 Å². The molecule has 168 valence electrons. The molecule has 0 amide bonds. The van der Waals surface area contributed by atoms with Gasteiger partial charge < -0.3 is 9.80 Å². The van der Waals surface area contributed by atoms with Gasteiger partial charge in [0, 0.05) is 59.5 Å². The van der Waals surface area contributed by atoms with Crippen LogP contribution in [-0.2, 0) is 16.6 Å². The van der Waals surface area contributed by atoms with E-state index in [0.717, 1.165) is 35.5 Å². The Morgan fingerprint density at radius 3 is 2.35 bits per heavy atom. The normalized spacial score (nSPS) is 20.4. The Kier molecular flexibility index (Phi) is 4.59. The van der Waals surface area contributed by atoms with Gasteiger partial charge in [-0.1, -0.05) is 74.5 Å². The summed E-state index contributed by atoms with van der Waals surface area (Å²) < 4.78 is 0. The van der Waals surface area contributed by atoms with Crippen molar-refractivity contribution in [2.45, 2.75) is 25.7 Å². The summed E-state index contributed by atoms with van der Waals surface area (Å²) in [4.78, 5) is 22.7. The van der Waals surface area contributed by atoms with E-state index < -0.39 is 0 Å². The quantitative estimate of drug-likeness (QED) is 0.505. The highest BCUT2D eigenvalue weighted by Gasteiger charge is 2.38. The summed E-state index contributed by atoms with van der Waals surface area (Å²) in [5.41, 5.74) is 9.26. The Morgan fingerprint density at radius 2 is 1.56 bits per heavy atom. The zero-order valence-corrected chi connectivity index (χ0v) is 19.7. The van der Waals surface area contributed by atoms with Gasteiger partial charge in [-0.25, -0.2) is 0 Å². The number of likely N-dealkylation sites (N-methyl/N-ethyl adjacent to an activating group) is 1. The maximum absolute atomic E-state index is 13.4. The standard InChI is InChI=1S/C30H27N3O/c1-30(2)23-13-7-9-15-25(23)32(3)28(30)19-31-29-22-12-6-5-11-21(22)26(18-27(29)34)33-17-16-20-10-4-8-14-24(20)33/h4-15,18-19H,16-17H2,1-3H3/b28-19+,31-29?. The van der Waals surface area contributed by atoms with Gasteiger partial charge in [-0.2, -0.15) is 0 Å². The molecule has 2 aliphatic heterocycles. The monoisotopic (exact) mass is 445 g/mol. The van der Waals surface area contributed by atoms with Crippen molar-refractivity contribution < 1.29 is 4.79 Å². The van der Waals surface area contributed by atoms with Crippen LogP contribution in [0.2, 0.25) is 0 Å². The van der Waals surface area contributed by atoms with Crippen LogP contribution in [0.5, 0.6) is 0 Å². The summed E-state index contributed by atoms with van der Waals surface area (Å²) in [5.74, 6) is -0.0501. The molecule has 3 aromatic carbocycles. The Balaban J connectivity index is 1.43. The number of carbonyl (C=O) groups excluding carboxylic acids is 1. The molecule has 1 aliphatic carbocycles. The number of hydrogen-bond donors (Lipinski definition) is 0. The Labute approximate surface area is 200 Å². The molecule has 0 N–H and O–H groups in total. The Bertz CT molecular complexity index is 1430. The van der Waals surface area contributed by atoms with E-state index in [4.69, 9.17) is 4.99 Å². The van der Waals surface area contributed by atoms with E-state index >= 15 is 0 Å². The molecule has 0 unspecified atom stereocenters. The summed E-state index contributed by atoms with van der Waals surface area (Å²) >= 11 is 0. The number of fused-ring (bicyclic) bond motifs is 3. The molecule has 3 aromatic rings. The minimum Gasteiger partial charge on any atom is -0.346 e. The molecule has 4 nitrogen and oxygen atoms in total. The number of rotatable bonds is 2. The molecule has 0 fully saturated rings. The molecule has 34 heavy (non-hydrogen) atoms. The van der Waals surface area contributed by atoms with Crippen LogP contribution in [0.15, 0.2) is 95.8 Å². The summed E-state index contributed by atoms with van der Waals surface area (Å²) in [5, 5.41) is 0. The zero-order valence-electron chi connectivity index (χ0n) is 19.7. The van der Waals surface area contributed by atoms with Gasteiger partial charge >= 0.3 is 0 Å². The topological polar surface area (TPSA) is 35.9 Å². The molecule has 0 spiro atoms. The van der Waals surface area contributed by atoms with E-state index in [1.54, 1.807) is 6.08 Å². The number of allylic oxidation sites excluding steroid dienone is 2. The third-order valence-corrected chi connectivity index (χ3v) is 7.39. The summed E-state index contributed by atoms with van der Waals surface area (Å²) in [6, 6.07) is 25.0. The van der Waals surface area contributed by atoms with Gasteiger partial charge in [-0.05, 0) is 29.7 Å². The first kappa shape index (κ1) is 20.7. The fourth-order valence-electron chi connectivity index (χ4n) is 5.62. The summed E-state index contributed by atoms with van der Waals surface area (Å²) in [6.45, 7) is 5.29. The van der Waals surface area contributed by atoms with Gasteiger partial charge in [-0.15, -0.1) is 0 Å². The average molecular weight is 446 g/mol. The first-order valence-electron chi connectivity index (χ1n) is 11.8. The van der Waals surface area contributed by atoms with Crippen molar-refractivity contribution in [1.82, 2.24) is 0 Å². The van der Waals surface area contributed by atoms with Crippen molar-refractivity contribution in [3.63, 3.8) is 0 Å². The van der Waals surface area contributed by atoms with Crippen molar-refractivity contribution in [3.05, 3.63) is 113 Å². The average Bonchev–Trinajstić information content (AvgIpc) is 3.36. The molecule has 0 radical (unpaired) electrons. The molecule has 2 heterocycles. The lowest BCUT2D eigenvalue weighted by Gasteiger charge is -2.28. The number of anilines is 2. The van der Waals surface area contributed by atoms with Crippen LogP contribution in [0.1, 0.15) is 36.1 Å². The number of hydrogen-bond acceptors (Lipinski definition) is 4. The van der Waals surface area contributed by atoms with Gasteiger partial charge in [0.05, 0.1) is 5.70 Å². The zero-order chi connectivity index (χ0) is 23.4. The molecular weight excluding hydrogens is 418 g/mol. The van der Waals surface area contributed by atoms with E-state index in [0.29, 0.717) is 5.71 Å². The van der Waals surface area contributed by atoms with Crippen LogP contribution in [0, 0.1) is 0 Å². The number of ketones is 1. The predicted molar refractivity (Wildman–Crippen MR) is 139 cm³/mol. The fraction of sp³-hybridized carbons (Fsp3) is 0.200. The van der Waals surface area contributed by atoms with Gasteiger partial charge in [0.1, 0.15) is 5.71 Å². The first-order valence-corrected chi connectivity index (χ1v) is 11.8. The number of benzene rings is 3. The van der Waals surface area contributed by atoms with E-state index in [1.807, 2.05) is 24.4 Å². The highest BCUT2D eigenvalue weighted by Crippen LogP contribution is 2.46. The lowest BCUT2D eigenvalue weighted by molar-refractivity contribution is -0.108. The number of para-hydroxylation sites is 2. The van der Waals surface area contributed by atoms with E-state index in [-0.39, 0.29) is 11.2 Å². The van der Waals surface area contributed by atoms with Crippen molar-refractivity contribution in [2.24, 2.45) is 4.99 Å². The van der Waals surface area contributed by atoms with Crippen LogP contribution in [0.25, 0.3) is 5.70 Å². The molecule has 6 rings (SSSR count). The number of nitrogens with zero attached hydrogens (tertiary/aromatic N) is 3. The number of carbonyl (C=O) groups is 1. The van der Waals surface area contributed by atoms with Gasteiger partial charge in [0.15, 0.2) is 0 Å².